The SMILES string of the molecule is CCc1nnsc1C(=O)OCc1ccc2cc(OC)ccc2c1. The summed E-state index contributed by atoms with van der Waals surface area (Å²) in [5.74, 6) is 0.452. The van der Waals surface area contributed by atoms with Gasteiger partial charge in [-0.15, -0.1) is 5.10 Å². The number of esters is 1. The normalized spacial score (nSPS) is 10.7. The van der Waals surface area contributed by atoms with Gasteiger partial charge in [0.2, 0.25) is 0 Å². The topological polar surface area (TPSA) is 61.3 Å². The first-order valence-corrected chi connectivity index (χ1v) is 8.03. The average Bonchev–Trinajstić information content (AvgIpc) is 3.07. The van der Waals surface area contributed by atoms with E-state index in [9.17, 15) is 4.79 Å². The molecule has 0 saturated heterocycles. The smallest absolute Gasteiger partial charge is 0.352 e. The number of rotatable bonds is 5. The van der Waals surface area contributed by atoms with Crippen molar-refractivity contribution in [3.63, 3.8) is 0 Å². The number of hydrogen-bond donors (Lipinski definition) is 0. The molecule has 6 heteroatoms. The highest BCUT2D eigenvalue weighted by atomic mass is 32.1. The lowest BCUT2D eigenvalue weighted by Gasteiger charge is -2.07. The van der Waals surface area contributed by atoms with Crippen molar-refractivity contribution in [3.05, 3.63) is 52.5 Å². The van der Waals surface area contributed by atoms with Gasteiger partial charge in [-0.25, -0.2) is 4.79 Å². The molecule has 0 unspecified atom stereocenters. The Kier molecular flexibility index (Phi) is 4.52. The number of benzene rings is 2. The third-order valence-electron chi connectivity index (χ3n) is 3.56. The predicted molar refractivity (Wildman–Crippen MR) is 88.9 cm³/mol. The summed E-state index contributed by atoms with van der Waals surface area (Å²) in [5.41, 5.74) is 1.62. The standard InChI is InChI=1S/C17H16N2O3S/c1-3-15-16(23-19-18-15)17(20)22-10-11-4-5-13-9-14(21-2)7-6-12(13)8-11/h4-9H,3,10H2,1-2H3. The van der Waals surface area contributed by atoms with Gasteiger partial charge >= 0.3 is 5.97 Å². The maximum Gasteiger partial charge on any atom is 0.352 e. The molecule has 1 heterocycles. The molecule has 0 atom stereocenters. The summed E-state index contributed by atoms with van der Waals surface area (Å²) < 4.78 is 14.4. The summed E-state index contributed by atoms with van der Waals surface area (Å²) in [6.45, 7) is 2.16. The summed E-state index contributed by atoms with van der Waals surface area (Å²) in [6, 6.07) is 11.8. The van der Waals surface area contributed by atoms with Gasteiger partial charge in [0.25, 0.3) is 0 Å². The third-order valence-corrected chi connectivity index (χ3v) is 4.31. The van der Waals surface area contributed by atoms with E-state index in [1.54, 1.807) is 7.11 Å². The number of hydrogen-bond acceptors (Lipinski definition) is 6. The van der Waals surface area contributed by atoms with Gasteiger partial charge in [0.1, 0.15) is 12.4 Å². The van der Waals surface area contributed by atoms with Gasteiger partial charge in [0.05, 0.1) is 12.8 Å². The Labute approximate surface area is 138 Å². The molecular formula is C17H16N2O3S. The van der Waals surface area contributed by atoms with Gasteiger partial charge in [0.15, 0.2) is 4.88 Å². The van der Waals surface area contributed by atoms with Crippen LogP contribution in [0, 0.1) is 0 Å². The number of carbonyl (C=O) groups is 1. The Morgan fingerprint density at radius 2 is 1.96 bits per heavy atom. The van der Waals surface area contributed by atoms with Gasteiger partial charge in [0, 0.05) is 0 Å². The first-order chi connectivity index (χ1) is 11.2. The van der Waals surface area contributed by atoms with Crippen LogP contribution in [0.15, 0.2) is 36.4 Å². The third kappa shape index (κ3) is 3.32. The second kappa shape index (κ2) is 6.75. The Balaban J connectivity index is 1.73. The molecule has 0 fully saturated rings. The molecule has 23 heavy (non-hydrogen) atoms. The summed E-state index contributed by atoms with van der Waals surface area (Å²) >= 11 is 1.07. The van der Waals surface area contributed by atoms with Crippen molar-refractivity contribution in [2.24, 2.45) is 0 Å². The maximum absolute atomic E-state index is 12.1. The molecule has 0 bridgehead atoms. The Morgan fingerprint density at radius 3 is 2.74 bits per heavy atom. The molecule has 3 rings (SSSR count). The Hall–Kier alpha value is -2.47. The van der Waals surface area contributed by atoms with Crippen molar-refractivity contribution >= 4 is 28.3 Å². The zero-order valence-corrected chi connectivity index (χ0v) is 13.7. The van der Waals surface area contributed by atoms with E-state index in [0.717, 1.165) is 33.6 Å². The first-order valence-electron chi connectivity index (χ1n) is 7.26. The number of fused-ring (bicyclic) bond motifs is 1. The molecule has 2 aromatic carbocycles. The van der Waals surface area contributed by atoms with Crippen LogP contribution in [0.4, 0.5) is 0 Å². The van der Waals surface area contributed by atoms with Crippen LogP contribution in [-0.4, -0.2) is 22.7 Å². The van der Waals surface area contributed by atoms with Crippen molar-refractivity contribution in [1.29, 1.82) is 0 Å². The number of carbonyl (C=O) groups excluding carboxylic acids is 1. The quantitative estimate of drug-likeness (QED) is 0.669. The molecule has 118 valence electrons. The molecule has 0 spiro atoms. The second-order valence-corrected chi connectivity index (χ2v) is 5.78. The first kappa shape index (κ1) is 15.4. The highest BCUT2D eigenvalue weighted by molar-refractivity contribution is 7.07. The van der Waals surface area contributed by atoms with E-state index in [1.165, 1.54) is 0 Å². The van der Waals surface area contributed by atoms with Crippen LogP contribution >= 0.6 is 11.5 Å². The Morgan fingerprint density at radius 1 is 1.17 bits per heavy atom. The van der Waals surface area contributed by atoms with Gasteiger partial charge in [-0.3, -0.25) is 0 Å². The van der Waals surface area contributed by atoms with E-state index >= 15 is 0 Å². The summed E-state index contributed by atoms with van der Waals surface area (Å²) in [7, 11) is 1.65. The lowest BCUT2D eigenvalue weighted by molar-refractivity contribution is 0.0477. The Bertz CT molecular complexity index is 845. The molecule has 0 N–H and O–H groups in total. The lowest BCUT2D eigenvalue weighted by Crippen LogP contribution is -2.06. The fourth-order valence-corrected chi connectivity index (χ4v) is 2.94. The monoisotopic (exact) mass is 328 g/mol. The van der Waals surface area contributed by atoms with Crippen molar-refractivity contribution < 1.29 is 14.3 Å². The molecule has 0 aliphatic heterocycles. The van der Waals surface area contributed by atoms with Crippen LogP contribution in [0.2, 0.25) is 0 Å². The molecular weight excluding hydrogens is 312 g/mol. The van der Waals surface area contributed by atoms with E-state index in [-0.39, 0.29) is 12.6 Å². The number of nitrogens with zero attached hydrogens (tertiary/aromatic N) is 2. The van der Waals surface area contributed by atoms with E-state index in [0.29, 0.717) is 17.0 Å². The number of methoxy groups -OCH3 is 1. The zero-order chi connectivity index (χ0) is 16.2. The summed E-state index contributed by atoms with van der Waals surface area (Å²) in [4.78, 5) is 12.6. The number of aromatic nitrogens is 2. The molecule has 5 nitrogen and oxygen atoms in total. The van der Waals surface area contributed by atoms with Crippen LogP contribution in [0.5, 0.6) is 5.75 Å². The summed E-state index contributed by atoms with van der Waals surface area (Å²) in [6.07, 6.45) is 0.665. The number of aryl methyl sites for hydroxylation is 1. The highest BCUT2D eigenvalue weighted by Crippen LogP contribution is 2.22. The predicted octanol–water partition coefficient (Wildman–Crippen LogP) is 3.62. The van der Waals surface area contributed by atoms with Crippen molar-refractivity contribution in [2.75, 3.05) is 7.11 Å². The minimum Gasteiger partial charge on any atom is -0.497 e. The average molecular weight is 328 g/mol. The van der Waals surface area contributed by atoms with E-state index in [2.05, 4.69) is 9.59 Å². The van der Waals surface area contributed by atoms with Crippen molar-refractivity contribution in [2.45, 2.75) is 20.0 Å². The van der Waals surface area contributed by atoms with Crippen LogP contribution in [-0.2, 0) is 17.8 Å². The van der Waals surface area contributed by atoms with Gasteiger partial charge in [-0.2, -0.15) is 0 Å². The van der Waals surface area contributed by atoms with Crippen LogP contribution < -0.4 is 4.74 Å². The molecule has 1 aromatic heterocycles. The van der Waals surface area contributed by atoms with E-state index < -0.39 is 0 Å². The minimum absolute atomic E-state index is 0.224. The van der Waals surface area contributed by atoms with Gasteiger partial charge in [-0.1, -0.05) is 29.6 Å². The van der Waals surface area contributed by atoms with Crippen molar-refractivity contribution in [3.8, 4) is 5.75 Å². The second-order valence-electron chi connectivity index (χ2n) is 5.03. The molecule has 3 aromatic rings. The van der Waals surface area contributed by atoms with E-state index in [4.69, 9.17) is 9.47 Å². The minimum atomic E-state index is -0.369. The van der Waals surface area contributed by atoms with Crippen molar-refractivity contribution in [1.82, 2.24) is 9.59 Å². The van der Waals surface area contributed by atoms with Crippen LogP contribution in [0.1, 0.15) is 27.9 Å². The maximum atomic E-state index is 12.1. The van der Waals surface area contributed by atoms with Crippen LogP contribution in [0.3, 0.4) is 0 Å². The van der Waals surface area contributed by atoms with Crippen LogP contribution in [0.25, 0.3) is 10.8 Å². The number of ether oxygens (including phenoxy) is 2. The fourth-order valence-electron chi connectivity index (χ4n) is 2.30. The lowest BCUT2D eigenvalue weighted by atomic mass is 10.1. The highest BCUT2D eigenvalue weighted by Gasteiger charge is 2.16. The van der Waals surface area contributed by atoms with Gasteiger partial charge in [-0.05, 0) is 52.5 Å². The van der Waals surface area contributed by atoms with E-state index in [1.807, 2.05) is 43.3 Å². The fraction of sp³-hybridized carbons (Fsp3) is 0.235. The molecule has 0 aliphatic carbocycles. The zero-order valence-electron chi connectivity index (χ0n) is 12.9. The van der Waals surface area contributed by atoms with Gasteiger partial charge < -0.3 is 9.47 Å². The summed E-state index contributed by atoms with van der Waals surface area (Å²) in [5, 5.41) is 6.08. The molecule has 0 amide bonds. The molecule has 0 saturated carbocycles. The molecule has 0 aliphatic rings. The molecule has 0 radical (unpaired) electrons. The largest absolute Gasteiger partial charge is 0.497 e.